The quantitative estimate of drug-likeness (QED) is 0.671. The van der Waals surface area contributed by atoms with Gasteiger partial charge in [-0.05, 0) is 25.2 Å². The fourth-order valence-electron chi connectivity index (χ4n) is 2.48. The zero-order chi connectivity index (χ0) is 14.5. The highest BCUT2D eigenvalue weighted by Crippen LogP contribution is 2.25. The average Bonchev–Trinajstić information content (AvgIpc) is 2.36. The lowest BCUT2D eigenvalue weighted by molar-refractivity contribution is 0.0151. The molecule has 0 aliphatic heterocycles. The van der Waals surface area contributed by atoms with Crippen LogP contribution in [0, 0.1) is 11.3 Å². The van der Waals surface area contributed by atoms with Crippen molar-refractivity contribution in [1.82, 2.24) is 10.6 Å². The van der Waals surface area contributed by atoms with Crippen LogP contribution in [0.4, 0.5) is 4.79 Å². The van der Waals surface area contributed by atoms with E-state index in [1.54, 1.807) is 0 Å². The minimum atomic E-state index is -0.426. The van der Waals surface area contributed by atoms with Gasteiger partial charge in [-0.3, -0.25) is 0 Å². The van der Waals surface area contributed by atoms with Crippen LogP contribution >= 0.6 is 0 Å². The molecule has 19 heavy (non-hydrogen) atoms. The molecule has 0 bridgehead atoms. The van der Waals surface area contributed by atoms with Crippen LogP contribution in [0.5, 0.6) is 0 Å². The number of nitrogens with one attached hydrogen (secondary N) is 2. The van der Waals surface area contributed by atoms with E-state index < -0.39 is 6.10 Å². The van der Waals surface area contributed by atoms with Crippen LogP contribution in [0.15, 0.2) is 12.2 Å². The Kier molecular flexibility index (Phi) is 5.85. The Morgan fingerprint density at radius 1 is 1.42 bits per heavy atom. The average molecular weight is 268 g/mol. The first-order chi connectivity index (χ1) is 8.83. The Morgan fingerprint density at radius 2 is 2.11 bits per heavy atom. The first-order valence-corrected chi connectivity index (χ1v) is 7.20. The molecule has 0 heterocycles. The second-order valence-electron chi connectivity index (χ2n) is 6.49. The summed E-state index contributed by atoms with van der Waals surface area (Å²) in [6, 6.07) is 0.104. The molecule has 4 heteroatoms. The summed E-state index contributed by atoms with van der Waals surface area (Å²) in [5, 5.41) is 16.0. The molecule has 110 valence electrons. The molecule has 0 aromatic carbocycles. The van der Waals surface area contributed by atoms with E-state index in [4.69, 9.17) is 0 Å². The van der Waals surface area contributed by atoms with Crippen molar-refractivity contribution in [3.63, 3.8) is 0 Å². The fraction of sp³-hybridized carbons (Fsp3) is 0.800. The van der Waals surface area contributed by atoms with Crippen LogP contribution in [-0.4, -0.2) is 29.8 Å². The van der Waals surface area contributed by atoms with E-state index in [1.807, 2.05) is 27.7 Å². The molecule has 3 N–H and O–H groups in total. The summed E-state index contributed by atoms with van der Waals surface area (Å²) >= 11 is 0. The molecular formula is C15H28N2O2. The SMILES string of the molecule is CC(C)C(O)C(C)(C)CNC(=O)NC1CC=CCC1. The number of urea groups is 1. The molecular weight excluding hydrogens is 240 g/mol. The van der Waals surface area contributed by atoms with E-state index in [-0.39, 0.29) is 23.4 Å². The highest BCUT2D eigenvalue weighted by molar-refractivity contribution is 5.74. The maximum absolute atomic E-state index is 11.8. The number of hydrogen-bond donors (Lipinski definition) is 3. The smallest absolute Gasteiger partial charge is 0.315 e. The number of rotatable bonds is 5. The lowest BCUT2D eigenvalue weighted by Gasteiger charge is -2.33. The van der Waals surface area contributed by atoms with Gasteiger partial charge in [0.05, 0.1) is 6.10 Å². The van der Waals surface area contributed by atoms with Gasteiger partial charge in [0.15, 0.2) is 0 Å². The summed E-state index contributed by atoms with van der Waals surface area (Å²) in [7, 11) is 0. The van der Waals surface area contributed by atoms with Crippen molar-refractivity contribution in [3.8, 4) is 0 Å². The zero-order valence-electron chi connectivity index (χ0n) is 12.6. The molecule has 0 saturated carbocycles. The third-order valence-electron chi connectivity index (χ3n) is 3.74. The number of hydrogen-bond acceptors (Lipinski definition) is 2. The van der Waals surface area contributed by atoms with Crippen molar-refractivity contribution in [2.24, 2.45) is 11.3 Å². The van der Waals surface area contributed by atoms with Crippen LogP contribution in [0.1, 0.15) is 47.0 Å². The topological polar surface area (TPSA) is 61.4 Å². The summed E-state index contributed by atoms with van der Waals surface area (Å²) in [6.45, 7) is 8.39. The molecule has 0 spiro atoms. The maximum Gasteiger partial charge on any atom is 0.315 e. The van der Waals surface area contributed by atoms with E-state index in [9.17, 15) is 9.90 Å². The molecule has 2 amide bonds. The summed E-state index contributed by atoms with van der Waals surface area (Å²) in [5.74, 6) is 0.184. The number of carbonyl (C=O) groups is 1. The van der Waals surface area contributed by atoms with Crippen LogP contribution in [0.25, 0.3) is 0 Å². The summed E-state index contributed by atoms with van der Waals surface area (Å²) in [6.07, 6.45) is 6.78. The van der Waals surface area contributed by atoms with Gasteiger partial charge in [-0.15, -0.1) is 0 Å². The second-order valence-corrected chi connectivity index (χ2v) is 6.49. The Hall–Kier alpha value is -1.03. The molecule has 1 rings (SSSR count). The number of amides is 2. The zero-order valence-corrected chi connectivity index (χ0v) is 12.6. The summed E-state index contributed by atoms with van der Waals surface area (Å²) in [5.41, 5.74) is -0.321. The largest absolute Gasteiger partial charge is 0.392 e. The first-order valence-electron chi connectivity index (χ1n) is 7.20. The molecule has 0 aromatic rings. The molecule has 0 saturated heterocycles. The van der Waals surface area contributed by atoms with Crippen LogP contribution < -0.4 is 10.6 Å². The predicted octanol–water partition coefficient (Wildman–Crippen LogP) is 2.44. The lowest BCUT2D eigenvalue weighted by atomic mass is 9.81. The van der Waals surface area contributed by atoms with Crippen molar-refractivity contribution in [2.75, 3.05) is 6.54 Å². The van der Waals surface area contributed by atoms with Gasteiger partial charge in [-0.25, -0.2) is 4.79 Å². The molecule has 2 unspecified atom stereocenters. The van der Waals surface area contributed by atoms with Gasteiger partial charge in [0.25, 0.3) is 0 Å². The molecule has 2 atom stereocenters. The standard InChI is InChI=1S/C15H28N2O2/c1-11(2)13(18)15(3,4)10-16-14(19)17-12-8-6-5-7-9-12/h5-6,11-13,18H,7-10H2,1-4H3,(H2,16,17,19). The third-order valence-corrected chi connectivity index (χ3v) is 3.74. The molecule has 1 aliphatic carbocycles. The van der Waals surface area contributed by atoms with Crippen molar-refractivity contribution >= 4 is 6.03 Å². The minimum Gasteiger partial charge on any atom is -0.392 e. The minimum absolute atomic E-state index is 0.135. The summed E-state index contributed by atoms with van der Waals surface area (Å²) in [4.78, 5) is 11.8. The molecule has 0 radical (unpaired) electrons. The van der Waals surface area contributed by atoms with Crippen molar-refractivity contribution < 1.29 is 9.90 Å². The number of aliphatic hydroxyl groups excluding tert-OH is 1. The van der Waals surface area contributed by atoms with Crippen LogP contribution in [0.2, 0.25) is 0 Å². The van der Waals surface area contributed by atoms with Gasteiger partial charge in [0.1, 0.15) is 0 Å². The number of allylic oxidation sites excluding steroid dienone is 1. The van der Waals surface area contributed by atoms with Gasteiger partial charge >= 0.3 is 6.03 Å². The molecule has 4 nitrogen and oxygen atoms in total. The number of carbonyl (C=O) groups excluding carboxylic acids is 1. The van der Waals surface area contributed by atoms with E-state index in [0.29, 0.717) is 6.54 Å². The maximum atomic E-state index is 11.8. The van der Waals surface area contributed by atoms with E-state index in [2.05, 4.69) is 22.8 Å². The monoisotopic (exact) mass is 268 g/mol. The van der Waals surface area contributed by atoms with E-state index in [0.717, 1.165) is 19.3 Å². The normalized spacial score (nSPS) is 21.3. The molecule has 1 aliphatic rings. The highest BCUT2D eigenvalue weighted by Gasteiger charge is 2.30. The Morgan fingerprint density at radius 3 is 2.63 bits per heavy atom. The summed E-state index contributed by atoms with van der Waals surface area (Å²) < 4.78 is 0. The van der Waals surface area contributed by atoms with Crippen LogP contribution in [-0.2, 0) is 0 Å². The van der Waals surface area contributed by atoms with Crippen molar-refractivity contribution in [3.05, 3.63) is 12.2 Å². The van der Waals surface area contributed by atoms with Crippen LogP contribution in [0.3, 0.4) is 0 Å². The van der Waals surface area contributed by atoms with Gasteiger partial charge in [0.2, 0.25) is 0 Å². The van der Waals surface area contributed by atoms with E-state index in [1.165, 1.54) is 0 Å². The lowest BCUT2D eigenvalue weighted by Crippen LogP contribution is -2.48. The van der Waals surface area contributed by atoms with Crippen molar-refractivity contribution in [2.45, 2.75) is 59.1 Å². The van der Waals surface area contributed by atoms with Gasteiger partial charge < -0.3 is 15.7 Å². The number of aliphatic hydroxyl groups is 1. The highest BCUT2D eigenvalue weighted by atomic mass is 16.3. The first kappa shape index (κ1) is 16.0. The Bertz CT molecular complexity index is 324. The predicted molar refractivity (Wildman–Crippen MR) is 77.9 cm³/mol. The third kappa shape index (κ3) is 5.23. The Labute approximate surface area is 116 Å². The van der Waals surface area contributed by atoms with Crippen molar-refractivity contribution in [1.29, 1.82) is 0 Å². The fourth-order valence-corrected chi connectivity index (χ4v) is 2.48. The Balaban J connectivity index is 2.34. The van der Waals surface area contributed by atoms with E-state index >= 15 is 0 Å². The van der Waals surface area contributed by atoms with Gasteiger partial charge in [0, 0.05) is 18.0 Å². The second kappa shape index (κ2) is 6.94. The van der Waals surface area contributed by atoms with Gasteiger partial charge in [-0.2, -0.15) is 0 Å². The van der Waals surface area contributed by atoms with Gasteiger partial charge in [-0.1, -0.05) is 39.8 Å². The molecule has 0 fully saturated rings. The molecule has 0 aromatic heterocycles.